The Balaban J connectivity index is 1.52. The second-order valence-electron chi connectivity index (χ2n) is 7.43. The van der Waals surface area contributed by atoms with Crippen molar-refractivity contribution in [2.24, 2.45) is 0 Å². The first-order chi connectivity index (χ1) is 13.8. The van der Waals surface area contributed by atoms with Gasteiger partial charge in [0.25, 0.3) is 0 Å². The van der Waals surface area contributed by atoms with Gasteiger partial charge in [-0.3, -0.25) is 18.1 Å². The normalized spacial score (nSPS) is 36.9. The molecule has 3 fully saturated rings. The number of nitrogen functional groups attached to an aromatic ring is 1. The molecule has 2 aromatic rings. The molecular weight excluding hydrogens is 406 g/mol. The van der Waals surface area contributed by atoms with Crippen LogP contribution in [0.3, 0.4) is 0 Å². The molecule has 5 heterocycles. The van der Waals surface area contributed by atoms with Crippen LogP contribution in [0.2, 0.25) is 0 Å². The van der Waals surface area contributed by atoms with Crippen LogP contribution in [0.25, 0.3) is 11.2 Å². The molecule has 3 saturated heterocycles. The van der Waals surface area contributed by atoms with Crippen molar-refractivity contribution in [1.29, 1.82) is 0 Å². The van der Waals surface area contributed by atoms with E-state index < -0.39 is 31.9 Å². The Morgan fingerprint density at radius 2 is 2.24 bits per heavy atom. The number of nitrogens with two attached hydrogens (primary N) is 1. The van der Waals surface area contributed by atoms with Crippen LogP contribution in [-0.4, -0.2) is 63.7 Å². The average molecular weight is 428 g/mol. The molecule has 1 unspecified atom stereocenters. The molecule has 0 aromatic carbocycles. The number of ether oxygens (including phenoxy) is 1. The van der Waals surface area contributed by atoms with Crippen molar-refractivity contribution in [1.82, 2.24) is 19.5 Å². The molecule has 0 radical (unpaired) electrons. The van der Waals surface area contributed by atoms with Gasteiger partial charge in [-0.15, -0.1) is 0 Å². The molecule has 13 heteroatoms. The summed E-state index contributed by atoms with van der Waals surface area (Å²) in [6.45, 7) is 4.68. The van der Waals surface area contributed by atoms with Gasteiger partial charge in [0, 0.05) is 13.1 Å². The van der Waals surface area contributed by atoms with Gasteiger partial charge in [0.2, 0.25) is 5.95 Å². The lowest BCUT2D eigenvalue weighted by atomic mass is 9.98. The fourth-order valence-electron chi connectivity index (χ4n) is 3.91. The third-order valence-corrected chi connectivity index (χ3v) is 6.96. The van der Waals surface area contributed by atoms with Crippen molar-refractivity contribution in [2.75, 3.05) is 36.9 Å². The molecule has 5 rings (SSSR count). The summed E-state index contributed by atoms with van der Waals surface area (Å²) in [5.41, 5.74) is 4.73. The topological polar surface area (TPSA) is 127 Å². The molecule has 5 atom stereocenters. The number of alkyl halides is 1. The second kappa shape index (κ2) is 6.58. The van der Waals surface area contributed by atoms with Crippen LogP contribution < -0.4 is 10.6 Å². The van der Waals surface area contributed by atoms with Crippen LogP contribution in [-0.2, 0) is 22.9 Å². The highest BCUT2D eigenvalue weighted by Gasteiger charge is 2.61. The molecule has 11 nitrogen and oxygen atoms in total. The van der Waals surface area contributed by atoms with Crippen molar-refractivity contribution >= 4 is 30.8 Å². The second-order valence-corrected chi connectivity index (χ2v) is 9.06. The molecule has 3 aliphatic heterocycles. The van der Waals surface area contributed by atoms with Crippen LogP contribution in [0, 0.1) is 0 Å². The molecule has 0 bridgehead atoms. The lowest BCUT2D eigenvalue weighted by Gasteiger charge is -2.33. The zero-order chi connectivity index (χ0) is 20.4. The van der Waals surface area contributed by atoms with Crippen LogP contribution in [0.5, 0.6) is 0 Å². The van der Waals surface area contributed by atoms with Gasteiger partial charge in [-0.05, 0) is 20.3 Å². The highest BCUT2D eigenvalue weighted by molar-refractivity contribution is 7.48. The number of phosphoric ester groups is 1. The Morgan fingerprint density at radius 1 is 1.45 bits per heavy atom. The summed E-state index contributed by atoms with van der Waals surface area (Å²) in [6.07, 6.45) is -0.516. The predicted octanol–water partition coefficient (Wildman–Crippen LogP) is 1.80. The molecule has 2 N–H and O–H groups in total. The van der Waals surface area contributed by atoms with Gasteiger partial charge < -0.3 is 15.4 Å². The van der Waals surface area contributed by atoms with Gasteiger partial charge in [0.15, 0.2) is 28.9 Å². The van der Waals surface area contributed by atoms with Crippen molar-refractivity contribution in [2.45, 2.75) is 44.4 Å². The Morgan fingerprint density at radius 3 is 2.93 bits per heavy atom. The maximum Gasteiger partial charge on any atom is 0.475 e. The smallest absolute Gasteiger partial charge is 0.368 e. The van der Waals surface area contributed by atoms with E-state index in [4.69, 9.17) is 24.0 Å². The molecule has 2 aromatic heterocycles. The maximum absolute atomic E-state index is 15.9. The Labute approximate surface area is 165 Å². The molecule has 0 amide bonds. The fourth-order valence-corrected chi connectivity index (χ4v) is 5.37. The van der Waals surface area contributed by atoms with Gasteiger partial charge in [0.1, 0.15) is 12.2 Å². The van der Waals surface area contributed by atoms with Crippen molar-refractivity contribution in [3.05, 3.63) is 6.33 Å². The Bertz CT molecular complexity index is 998. The maximum atomic E-state index is 15.9. The first-order valence-corrected chi connectivity index (χ1v) is 11.0. The molecule has 3 aliphatic rings. The van der Waals surface area contributed by atoms with E-state index in [9.17, 15) is 4.57 Å². The van der Waals surface area contributed by atoms with Crippen LogP contribution in [0.4, 0.5) is 16.2 Å². The van der Waals surface area contributed by atoms with Crippen LogP contribution in [0.1, 0.15) is 26.5 Å². The Kier molecular flexibility index (Phi) is 4.34. The zero-order valence-corrected chi connectivity index (χ0v) is 16.9. The van der Waals surface area contributed by atoms with Gasteiger partial charge in [-0.2, -0.15) is 9.97 Å². The SMILES string of the molecule is CCOP1(=O)OC[C@H]2O[C@@H](n3cnc4c(N5CCC5)nc(N)nc43)[C@](C)(F)[C@@H]2O1. The molecule has 29 heavy (non-hydrogen) atoms. The number of imidazole rings is 1. The largest absolute Gasteiger partial charge is 0.475 e. The van der Waals surface area contributed by atoms with Crippen molar-refractivity contribution in [3.63, 3.8) is 0 Å². The molecule has 158 valence electrons. The molecular formula is C16H22FN6O5P. The molecule has 0 saturated carbocycles. The highest BCUT2D eigenvalue weighted by Crippen LogP contribution is 2.59. The summed E-state index contributed by atoms with van der Waals surface area (Å²) in [7, 11) is -3.84. The van der Waals surface area contributed by atoms with E-state index in [1.807, 2.05) is 4.90 Å². The average Bonchev–Trinajstić information content (AvgIpc) is 3.12. The first-order valence-electron chi connectivity index (χ1n) is 9.49. The third-order valence-electron chi connectivity index (χ3n) is 5.44. The number of hydrogen-bond donors (Lipinski definition) is 1. The number of anilines is 2. The quantitative estimate of drug-likeness (QED) is 0.720. The predicted molar refractivity (Wildman–Crippen MR) is 100 cm³/mol. The summed E-state index contributed by atoms with van der Waals surface area (Å²) < 4.78 is 51.5. The van der Waals surface area contributed by atoms with Gasteiger partial charge in [0.05, 0.1) is 19.5 Å². The lowest BCUT2D eigenvalue weighted by molar-refractivity contribution is -0.0702. The fraction of sp³-hybridized carbons (Fsp3) is 0.688. The molecule has 0 spiro atoms. The summed E-state index contributed by atoms with van der Waals surface area (Å²) >= 11 is 0. The lowest BCUT2D eigenvalue weighted by Crippen LogP contribution is -2.44. The Hall–Kier alpha value is -1.85. The first kappa shape index (κ1) is 19.1. The number of rotatable bonds is 4. The van der Waals surface area contributed by atoms with E-state index in [1.165, 1.54) is 17.8 Å². The summed E-state index contributed by atoms with van der Waals surface area (Å²) in [6, 6.07) is 0. The van der Waals surface area contributed by atoms with Crippen molar-refractivity contribution in [3.8, 4) is 0 Å². The number of fused-ring (bicyclic) bond motifs is 2. The van der Waals surface area contributed by atoms with Gasteiger partial charge >= 0.3 is 7.82 Å². The molecule has 0 aliphatic carbocycles. The van der Waals surface area contributed by atoms with Crippen LogP contribution in [0.15, 0.2) is 6.33 Å². The van der Waals surface area contributed by atoms with E-state index in [0.717, 1.165) is 19.5 Å². The summed E-state index contributed by atoms with van der Waals surface area (Å²) in [5, 5.41) is 0. The van der Waals surface area contributed by atoms with E-state index in [-0.39, 0.29) is 19.2 Å². The minimum atomic E-state index is -3.84. The highest BCUT2D eigenvalue weighted by atomic mass is 31.2. The summed E-state index contributed by atoms with van der Waals surface area (Å²) in [4.78, 5) is 15.0. The number of nitrogens with zero attached hydrogens (tertiary/aromatic N) is 5. The third kappa shape index (κ3) is 2.93. The van der Waals surface area contributed by atoms with E-state index >= 15 is 4.39 Å². The minimum Gasteiger partial charge on any atom is -0.368 e. The van der Waals surface area contributed by atoms with E-state index in [0.29, 0.717) is 17.0 Å². The van der Waals surface area contributed by atoms with Crippen LogP contribution >= 0.6 is 7.82 Å². The van der Waals surface area contributed by atoms with Gasteiger partial charge in [-0.1, -0.05) is 0 Å². The number of aromatic nitrogens is 4. The standard InChI is InChI=1S/C16H22FN6O5P/c1-3-25-29(24)26-7-9-11(28-29)16(2,17)14(27-9)23-8-19-10-12(22-5-4-6-22)20-15(18)21-13(10)23/h8-9,11,14H,3-7H2,1-2H3,(H2,18,20,21)/t9-,11-,14-,16-,29?/m1/s1. The summed E-state index contributed by atoms with van der Waals surface area (Å²) in [5.74, 6) is 0.687. The minimum absolute atomic E-state index is 0.0672. The van der Waals surface area contributed by atoms with E-state index in [2.05, 4.69) is 15.0 Å². The number of phosphoric acid groups is 1. The number of hydrogen-bond acceptors (Lipinski definition) is 10. The number of halogens is 1. The van der Waals surface area contributed by atoms with E-state index in [1.54, 1.807) is 6.92 Å². The van der Waals surface area contributed by atoms with Crippen molar-refractivity contribution < 1.29 is 27.3 Å². The monoisotopic (exact) mass is 428 g/mol. The van der Waals surface area contributed by atoms with Gasteiger partial charge in [-0.25, -0.2) is 13.9 Å². The zero-order valence-electron chi connectivity index (χ0n) is 16.0.